The molecule has 0 fully saturated rings. The third-order valence-corrected chi connectivity index (χ3v) is 3.10. The molecule has 0 aromatic heterocycles. The number of carbonyl (C=O) groups is 2. The number of amides is 1. The molecule has 4 nitrogen and oxygen atoms in total. The fourth-order valence-corrected chi connectivity index (χ4v) is 1.99. The summed E-state index contributed by atoms with van der Waals surface area (Å²) in [4.78, 5) is 22.1. The van der Waals surface area contributed by atoms with Gasteiger partial charge in [-0.1, -0.05) is 19.1 Å². The summed E-state index contributed by atoms with van der Waals surface area (Å²) in [5.74, 6) is 0. The molecule has 0 heterocycles. The van der Waals surface area contributed by atoms with Gasteiger partial charge in [0.15, 0.2) is 0 Å². The standard InChI is InChI=1S/C13H21NO3/c1-2-9-14-12(16)17-11-13(8-10-15)6-4-3-5-7-13/h3-4,10H,2,5-9,11H2,1H3,(H,14,16). The third kappa shape index (κ3) is 4.59. The molecule has 1 rings (SSSR count). The van der Waals surface area contributed by atoms with E-state index >= 15 is 0 Å². The Labute approximate surface area is 102 Å². The number of allylic oxidation sites excluding steroid dienone is 2. The Hall–Kier alpha value is -1.32. The van der Waals surface area contributed by atoms with Crippen molar-refractivity contribution in [2.24, 2.45) is 5.41 Å². The maximum Gasteiger partial charge on any atom is 0.407 e. The van der Waals surface area contributed by atoms with Crippen molar-refractivity contribution in [1.82, 2.24) is 5.32 Å². The average Bonchev–Trinajstić information content (AvgIpc) is 2.35. The van der Waals surface area contributed by atoms with Crippen molar-refractivity contribution in [1.29, 1.82) is 0 Å². The molecule has 0 saturated carbocycles. The van der Waals surface area contributed by atoms with Crippen molar-refractivity contribution >= 4 is 12.4 Å². The second kappa shape index (κ2) is 7.09. The topological polar surface area (TPSA) is 55.4 Å². The van der Waals surface area contributed by atoms with Gasteiger partial charge < -0.3 is 14.8 Å². The molecule has 0 saturated heterocycles. The van der Waals surface area contributed by atoms with Gasteiger partial charge in [-0.15, -0.1) is 0 Å². The summed E-state index contributed by atoms with van der Waals surface area (Å²) in [6, 6.07) is 0. The van der Waals surface area contributed by atoms with Crippen molar-refractivity contribution in [3.8, 4) is 0 Å². The summed E-state index contributed by atoms with van der Waals surface area (Å²) >= 11 is 0. The molecule has 1 aliphatic rings. The number of alkyl carbamates (subject to hydrolysis) is 1. The zero-order chi connectivity index (χ0) is 12.6. The van der Waals surface area contributed by atoms with E-state index in [0.717, 1.165) is 32.0 Å². The van der Waals surface area contributed by atoms with Crippen LogP contribution in [0.2, 0.25) is 0 Å². The minimum absolute atomic E-state index is 0.181. The van der Waals surface area contributed by atoms with Crippen molar-refractivity contribution in [3.63, 3.8) is 0 Å². The number of hydrogen-bond acceptors (Lipinski definition) is 3. The van der Waals surface area contributed by atoms with E-state index in [0.29, 0.717) is 19.6 Å². The number of rotatable bonds is 6. The molecule has 96 valence electrons. The summed E-state index contributed by atoms with van der Waals surface area (Å²) in [5.41, 5.74) is -0.181. The molecule has 1 N–H and O–H groups in total. The zero-order valence-electron chi connectivity index (χ0n) is 10.4. The molecule has 1 atom stereocenters. The Balaban J connectivity index is 2.41. The number of carbonyl (C=O) groups excluding carboxylic acids is 2. The van der Waals surface area contributed by atoms with E-state index in [2.05, 4.69) is 17.5 Å². The van der Waals surface area contributed by atoms with Crippen LogP contribution < -0.4 is 5.32 Å². The van der Waals surface area contributed by atoms with Crippen molar-refractivity contribution in [2.45, 2.75) is 39.0 Å². The third-order valence-electron chi connectivity index (χ3n) is 3.10. The van der Waals surface area contributed by atoms with Crippen molar-refractivity contribution in [3.05, 3.63) is 12.2 Å². The Kier molecular flexibility index (Phi) is 5.73. The summed E-state index contributed by atoms with van der Waals surface area (Å²) < 4.78 is 5.20. The number of hydrogen-bond donors (Lipinski definition) is 1. The second-order valence-electron chi connectivity index (χ2n) is 4.59. The average molecular weight is 239 g/mol. The summed E-state index contributed by atoms with van der Waals surface area (Å²) in [6.45, 7) is 2.94. The lowest BCUT2D eigenvalue weighted by Crippen LogP contribution is -2.33. The molecule has 0 bridgehead atoms. The van der Waals surface area contributed by atoms with Gasteiger partial charge >= 0.3 is 6.09 Å². The molecule has 1 amide bonds. The zero-order valence-corrected chi connectivity index (χ0v) is 10.4. The molecular formula is C13H21NO3. The molecule has 1 aliphatic carbocycles. The van der Waals surface area contributed by atoms with Crippen LogP contribution >= 0.6 is 0 Å². The van der Waals surface area contributed by atoms with E-state index in [-0.39, 0.29) is 11.5 Å². The van der Waals surface area contributed by atoms with Gasteiger partial charge in [-0.3, -0.25) is 0 Å². The highest BCUT2D eigenvalue weighted by Gasteiger charge is 2.31. The normalized spacial score (nSPS) is 23.1. The molecule has 0 aliphatic heterocycles. The summed E-state index contributed by atoms with van der Waals surface area (Å²) in [5, 5.41) is 2.66. The fourth-order valence-electron chi connectivity index (χ4n) is 1.99. The monoisotopic (exact) mass is 239 g/mol. The van der Waals surface area contributed by atoms with E-state index in [1.165, 1.54) is 0 Å². The lowest BCUT2D eigenvalue weighted by Gasteiger charge is -2.32. The summed E-state index contributed by atoms with van der Waals surface area (Å²) in [7, 11) is 0. The molecule has 0 aromatic carbocycles. The van der Waals surface area contributed by atoms with Crippen LogP contribution in [0.15, 0.2) is 12.2 Å². The van der Waals surface area contributed by atoms with E-state index in [1.807, 2.05) is 6.92 Å². The van der Waals surface area contributed by atoms with Gasteiger partial charge in [-0.2, -0.15) is 0 Å². The Morgan fingerprint density at radius 3 is 2.94 bits per heavy atom. The van der Waals surface area contributed by atoms with Gasteiger partial charge in [-0.05, 0) is 25.7 Å². The smallest absolute Gasteiger partial charge is 0.407 e. The van der Waals surface area contributed by atoms with Gasteiger partial charge in [0.2, 0.25) is 0 Å². The summed E-state index contributed by atoms with van der Waals surface area (Å²) in [6.07, 6.45) is 8.73. The largest absolute Gasteiger partial charge is 0.449 e. The maximum atomic E-state index is 11.4. The predicted octanol–water partition coefficient (Wildman–Crippen LogP) is 2.44. The molecular weight excluding hydrogens is 218 g/mol. The Bertz CT molecular complexity index is 288. The van der Waals surface area contributed by atoms with E-state index < -0.39 is 0 Å². The molecule has 0 spiro atoms. The van der Waals surface area contributed by atoms with Crippen LogP contribution in [-0.2, 0) is 9.53 Å². The highest BCUT2D eigenvalue weighted by Crippen LogP contribution is 2.35. The van der Waals surface area contributed by atoms with Crippen LogP contribution in [0, 0.1) is 5.41 Å². The first-order chi connectivity index (χ1) is 8.22. The Morgan fingerprint density at radius 2 is 2.35 bits per heavy atom. The minimum atomic E-state index is -0.383. The number of ether oxygens (including phenoxy) is 1. The van der Waals surface area contributed by atoms with Crippen LogP contribution in [0.1, 0.15) is 39.0 Å². The van der Waals surface area contributed by atoms with E-state index in [9.17, 15) is 9.59 Å². The molecule has 4 heteroatoms. The first-order valence-corrected chi connectivity index (χ1v) is 6.22. The highest BCUT2D eigenvalue weighted by atomic mass is 16.5. The second-order valence-corrected chi connectivity index (χ2v) is 4.59. The first kappa shape index (κ1) is 13.7. The van der Waals surface area contributed by atoms with Gasteiger partial charge in [0.05, 0.1) is 6.61 Å². The predicted molar refractivity (Wildman–Crippen MR) is 65.7 cm³/mol. The minimum Gasteiger partial charge on any atom is -0.449 e. The number of nitrogens with one attached hydrogen (secondary N) is 1. The van der Waals surface area contributed by atoms with Crippen LogP contribution in [0.5, 0.6) is 0 Å². The maximum absolute atomic E-state index is 11.4. The SMILES string of the molecule is CCCNC(=O)OCC1(CC=O)CC=CCC1. The molecule has 17 heavy (non-hydrogen) atoms. The van der Waals surface area contributed by atoms with Crippen molar-refractivity contribution in [2.75, 3.05) is 13.2 Å². The van der Waals surface area contributed by atoms with Crippen LogP contribution in [0.4, 0.5) is 4.79 Å². The number of aldehydes is 1. The van der Waals surface area contributed by atoms with E-state index in [4.69, 9.17) is 4.74 Å². The molecule has 0 aromatic rings. The van der Waals surface area contributed by atoms with Gasteiger partial charge in [0, 0.05) is 18.4 Å². The van der Waals surface area contributed by atoms with Gasteiger partial charge in [0.1, 0.15) is 6.29 Å². The Morgan fingerprint density at radius 1 is 1.53 bits per heavy atom. The highest BCUT2D eigenvalue weighted by molar-refractivity contribution is 5.67. The lowest BCUT2D eigenvalue weighted by atomic mass is 9.75. The van der Waals surface area contributed by atoms with Crippen LogP contribution in [0.3, 0.4) is 0 Å². The van der Waals surface area contributed by atoms with Crippen molar-refractivity contribution < 1.29 is 14.3 Å². The van der Waals surface area contributed by atoms with Crippen LogP contribution in [-0.4, -0.2) is 25.5 Å². The fraction of sp³-hybridized carbons (Fsp3) is 0.692. The first-order valence-electron chi connectivity index (χ1n) is 6.22. The van der Waals surface area contributed by atoms with Gasteiger partial charge in [-0.25, -0.2) is 4.79 Å². The van der Waals surface area contributed by atoms with E-state index in [1.54, 1.807) is 0 Å². The van der Waals surface area contributed by atoms with Crippen LogP contribution in [0.25, 0.3) is 0 Å². The lowest BCUT2D eigenvalue weighted by molar-refractivity contribution is -0.110. The molecule has 1 unspecified atom stereocenters. The molecule has 0 radical (unpaired) electrons. The van der Waals surface area contributed by atoms with Gasteiger partial charge in [0.25, 0.3) is 0 Å². The quantitative estimate of drug-likeness (QED) is 0.572.